The van der Waals surface area contributed by atoms with Crippen LogP contribution in [0.5, 0.6) is 34.5 Å². The van der Waals surface area contributed by atoms with Gasteiger partial charge in [-0.1, -0.05) is 60.7 Å². The van der Waals surface area contributed by atoms with Crippen molar-refractivity contribution in [3.05, 3.63) is 138 Å². The van der Waals surface area contributed by atoms with Crippen LogP contribution in [0.3, 0.4) is 0 Å². The van der Waals surface area contributed by atoms with Crippen molar-refractivity contribution in [2.24, 2.45) is 5.92 Å². The predicted octanol–water partition coefficient (Wildman–Crippen LogP) is 8.35. The highest BCUT2D eigenvalue weighted by Crippen LogP contribution is 2.60. The van der Waals surface area contributed by atoms with Gasteiger partial charge in [0.15, 0.2) is 23.0 Å². The van der Waals surface area contributed by atoms with E-state index < -0.39 is 17.3 Å². The first-order chi connectivity index (χ1) is 26.7. The molecule has 6 aromatic rings. The molecule has 2 aliphatic rings. The van der Waals surface area contributed by atoms with Crippen molar-refractivity contribution in [1.82, 2.24) is 9.97 Å². The van der Waals surface area contributed by atoms with E-state index in [1.54, 1.807) is 52.7 Å². The smallest absolute Gasteiger partial charge is 0.307 e. The molecule has 4 atom stereocenters. The highest BCUT2D eigenvalue weighted by Gasteiger charge is 2.60. The van der Waals surface area contributed by atoms with E-state index in [4.69, 9.17) is 33.4 Å². The van der Waals surface area contributed by atoms with Crippen molar-refractivity contribution in [2.45, 2.75) is 29.6 Å². The molecular weight excluding hydrogens is 703 g/mol. The zero-order valence-corrected chi connectivity index (χ0v) is 31.1. The van der Waals surface area contributed by atoms with Gasteiger partial charge in [0.2, 0.25) is 0 Å². The van der Waals surface area contributed by atoms with Crippen LogP contribution in [0.1, 0.15) is 35.7 Å². The summed E-state index contributed by atoms with van der Waals surface area (Å²) < 4.78 is 46.9. The number of imidazole rings is 1. The third-order valence-electron chi connectivity index (χ3n) is 10.6. The summed E-state index contributed by atoms with van der Waals surface area (Å²) in [5.74, 6) is 3.37. The van der Waals surface area contributed by atoms with Gasteiger partial charge in [-0.15, -0.1) is 0 Å². The third kappa shape index (κ3) is 7.60. The first-order valence-corrected chi connectivity index (χ1v) is 17.9. The number of aliphatic carboxylic acids is 1. The Kier molecular flexibility index (Phi) is 10.5. The van der Waals surface area contributed by atoms with Gasteiger partial charge < -0.3 is 38.5 Å². The standard InChI is InChI=1S/C25H23FN2O3.C19H20O5/c1-29-22-11-9-18(13-23(22)30-2)31-15-25(16-6-4-3-5-7-16)14-19(25)24-27-20-10-8-17(26)12-21(20)28-24;1-22-16-9-8-14(10-17(16)23-2)24-12-19(11-15(19)18(20)21)13-6-4-3-5-7-13/h3-13,19H,14-15H2,1-2H3,(H,27,28);3-10,15H,11-12H2,1-2H3,(H,20,21). The van der Waals surface area contributed by atoms with Gasteiger partial charge in [0.1, 0.15) is 23.1 Å². The SMILES string of the molecule is COc1ccc(OCC2(c3ccccc3)CC2C(=O)O)cc1OC.COc1ccc(OCC2(c3ccccc3)CC2c2nc3ccc(F)cc3[nH]2)cc1OC. The summed E-state index contributed by atoms with van der Waals surface area (Å²) >= 11 is 0. The highest BCUT2D eigenvalue weighted by atomic mass is 19.1. The van der Waals surface area contributed by atoms with E-state index in [1.165, 1.54) is 17.7 Å². The Balaban J connectivity index is 0.000000175. The second-order valence-electron chi connectivity index (χ2n) is 13.8. The highest BCUT2D eigenvalue weighted by molar-refractivity contribution is 5.77. The van der Waals surface area contributed by atoms with E-state index in [-0.39, 0.29) is 17.2 Å². The zero-order valence-electron chi connectivity index (χ0n) is 31.1. The first kappa shape index (κ1) is 37.1. The molecule has 5 aromatic carbocycles. The molecule has 10 nitrogen and oxygen atoms in total. The number of carbonyl (C=O) groups is 1. The van der Waals surface area contributed by atoms with Crippen LogP contribution in [-0.2, 0) is 15.6 Å². The van der Waals surface area contributed by atoms with Crippen LogP contribution in [0.15, 0.2) is 115 Å². The molecule has 0 radical (unpaired) electrons. The summed E-state index contributed by atoms with van der Waals surface area (Å²) in [6.07, 6.45) is 1.48. The van der Waals surface area contributed by atoms with E-state index >= 15 is 0 Å². The minimum atomic E-state index is -0.783. The van der Waals surface area contributed by atoms with Gasteiger partial charge in [0.25, 0.3) is 0 Å². The number of halogens is 1. The molecule has 1 heterocycles. The van der Waals surface area contributed by atoms with Crippen molar-refractivity contribution in [3.63, 3.8) is 0 Å². The van der Waals surface area contributed by atoms with Gasteiger partial charge in [-0.3, -0.25) is 4.79 Å². The van der Waals surface area contributed by atoms with Crippen molar-refractivity contribution in [2.75, 3.05) is 41.7 Å². The number of carboxylic acid groups (broad SMARTS) is 1. The van der Waals surface area contributed by atoms with Crippen LogP contribution in [0.2, 0.25) is 0 Å². The molecule has 0 amide bonds. The summed E-state index contributed by atoms with van der Waals surface area (Å²) in [7, 11) is 6.35. The summed E-state index contributed by atoms with van der Waals surface area (Å²) in [6, 6.07) is 35.5. The van der Waals surface area contributed by atoms with E-state index in [1.807, 2.05) is 66.7 Å². The molecule has 0 saturated heterocycles. The molecule has 8 rings (SSSR count). The van der Waals surface area contributed by atoms with Gasteiger partial charge >= 0.3 is 5.97 Å². The Bertz CT molecular complexity index is 2270. The molecule has 55 heavy (non-hydrogen) atoms. The number of aromatic nitrogens is 2. The van der Waals surface area contributed by atoms with Crippen LogP contribution in [0, 0.1) is 11.7 Å². The first-order valence-electron chi connectivity index (χ1n) is 17.9. The fraction of sp³-hybridized carbons (Fsp3) is 0.273. The molecule has 0 aliphatic heterocycles. The van der Waals surface area contributed by atoms with Gasteiger partial charge in [0, 0.05) is 28.9 Å². The summed E-state index contributed by atoms with van der Waals surface area (Å²) in [5, 5.41) is 9.41. The zero-order chi connectivity index (χ0) is 38.6. The van der Waals surface area contributed by atoms with Crippen LogP contribution in [0.25, 0.3) is 11.0 Å². The summed E-state index contributed by atoms with van der Waals surface area (Å²) in [6.45, 7) is 0.798. The number of hydrogen-bond acceptors (Lipinski definition) is 8. The Morgan fingerprint density at radius 2 is 1.22 bits per heavy atom. The molecule has 0 spiro atoms. The number of nitrogens with one attached hydrogen (secondary N) is 1. The molecular formula is C44H43FN2O8. The van der Waals surface area contributed by atoms with Crippen molar-refractivity contribution in [1.29, 1.82) is 0 Å². The van der Waals surface area contributed by atoms with E-state index in [2.05, 4.69) is 17.1 Å². The maximum Gasteiger partial charge on any atom is 0.307 e. The summed E-state index contributed by atoms with van der Waals surface area (Å²) in [5.41, 5.74) is 3.00. The summed E-state index contributed by atoms with van der Waals surface area (Å²) in [4.78, 5) is 19.5. The lowest BCUT2D eigenvalue weighted by molar-refractivity contribution is -0.139. The van der Waals surface area contributed by atoms with Crippen LogP contribution in [-0.4, -0.2) is 62.7 Å². The number of aromatic amines is 1. The predicted molar refractivity (Wildman–Crippen MR) is 205 cm³/mol. The number of benzene rings is 5. The number of fused-ring (bicyclic) bond motifs is 1. The molecule has 2 saturated carbocycles. The molecule has 284 valence electrons. The van der Waals surface area contributed by atoms with E-state index in [9.17, 15) is 14.3 Å². The number of rotatable bonds is 14. The van der Waals surface area contributed by atoms with E-state index in [0.29, 0.717) is 59.6 Å². The lowest BCUT2D eigenvalue weighted by Gasteiger charge is -2.19. The maximum atomic E-state index is 13.6. The largest absolute Gasteiger partial charge is 0.493 e. The number of ether oxygens (including phenoxy) is 6. The number of H-pyrrole nitrogens is 1. The van der Waals surface area contributed by atoms with Crippen molar-refractivity contribution < 1.29 is 42.7 Å². The Morgan fingerprint density at radius 3 is 1.73 bits per heavy atom. The molecule has 1 aromatic heterocycles. The second kappa shape index (κ2) is 15.6. The van der Waals surface area contributed by atoms with Gasteiger partial charge in [-0.05, 0) is 66.4 Å². The molecule has 11 heteroatoms. The molecule has 0 bridgehead atoms. The number of hydrogen-bond donors (Lipinski definition) is 2. The quantitative estimate of drug-likeness (QED) is 0.113. The van der Waals surface area contributed by atoms with Gasteiger partial charge in [-0.25, -0.2) is 9.37 Å². The normalized spacial score (nSPS) is 20.7. The van der Waals surface area contributed by atoms with Crippen LogP contribution < -0.4 is 28.4 Å². The Hall–Kier alpha value is -6.23. The van der Waals surface area contributed by atoms with Crippen molar-refractivity contribution >= 4 is 17.0 Å². The minimum absolute atomic E-state index is 0.158. The van der Waals surface area contributed by atoms with E-state index in [0.717, 1.165) is 23.3 Å². The second-order valence-corrected chi connectivity index (χ2v) is 13.8. The fourth-order valence-corrected chi connectivity index (χ4v) is 7.36. The average Bonchev–Trinajstić information content (AvgIpc) is 4.12. The number of nitrogens with zero attached hydrogens (tertiary/aromatic N) is 1. The van der Waals surface area contributed by atoms with Crippen LogP contribution in [0.4, 0.5) is 4.39 Å². The van der Waals surface area contributed by atoms with Crippen LogP contribution >= 0.6 is 0 Å². The maximum absolute atomic E-state index is 13.6. The monoisotopic (exact) mass is 746 g/mol. The van der Waals surface area contributed by atoms with Gasteiger partial charge in [-0.2, -0.15) is 0 Å². The molecule has 2 N–H and O–H groups in total. The lowest BCUT2D eigenvalue weighted by Crippen LogP contribution is -2.23. The lowest BCUT2D eigenvalue weighted by atomic mass is 9.94. The Morgan fingerprint density at radius 1 is 0.691 bits per heavy atom. The molecule has 4 unspecified atom stereocenters. The topological polar surface area (TPSA) is 121 Å². The number of methoxy groups -OCH3 is 4. The van der Waals surface area contributed by atoms with Crippen molar-refractivity contribution in [3.8, 4) is 34.5 Å². The minimum Gasteiger partial charge on any atom is -0.493 e. The molecule has 2 aliphatic carbocycles. The fourth-order valence-electron chi connectivity index (χ4n) is 7.36. The molecule has 2 fully saturated rings. The Labute approximate surface area is 318 Å². The third-order valence-corrected chi connectivity index (χ3v) is 10.6. The van der Waals surface area contributed by atoms with Gasteiger partial charge in [0.05, 0.1) is 58.6 Å². The number of carboxylic acids is 1. The average molecular weight is 747 g/mol.